The highest BCUT2D eigenvalue weighted by molar-refractivity contribution is 6.03. The van der Waals surface area contributed by atoms with Crippen LogP contribution in [0.3, 0.4) is 0 Å². The Morgan fingerprint density at radius 3 is 2.61 bits per heavy atom. The van der Waals surface area contributed by atoms with Crippen molar-refractivity contribution >= 4 is 17.8 Å². The maximum atomic E-state index is 12.5. The third-order valence-corrected chi connectivity index (χ3v) is 4.09. The molecule has 0 radical (unpaired) electrons. The molecule has 0 bridgehead atoms. The van der Waals surface area contributed by atoms with Crippen molar-refractivity contribution in [3.63, 3.8) is 0 Å². The Morgan fingerprint density at radius 1 is 1.29 bits per heavy atom. The Kier molecular flexibility index (Phi) is 6.82. The number of benzene rings is 1. The molecule has 28 heavy (non-hydrogen) atoms. The van der Waals surface area contributed by atoms with Gasteiger partial charge in [-0.2, -0.15) is 13.2 Å². The quantitative estimate of drug-likeness (QED) is 0.562. The third kappa shape index (κ3) is 5.83. The number of ether oxygens (including phenoxy) is 1. The number of esters is 1. The van der Waals surface area contributed by atoms with E-state index in [1.54, 1.807) is 6.92 Å². The number of amides is 1. The Balaban J connectivity index is 2.07. The standard InChI is InChI=1S/C19H22F3N3O3/c1-4-5-6-16(26)28-15-8-7-13(9-12(15)2)17(27)24-18-23-11-14(25(18)3)10-19(20,21)22/h7-9,11H,4-6,10H2,1-3H3,(H,23,24,27). The van der Waals surface area contributed by atoms with E-state index in [1.807, 2.05) is 6.92 Å². The van der Waals surface area contributed by atoms with E-state index in [0.29, 0.717) is 17.7 Å². The van der Waals surface area contributed by atoms with Gasteiger partial charge in [0.1, 0.15) is 5.75 Å². The molecule has 0 unspecified atom stereocenters. The van der Waals surface area contributed by atoms with Gasteiger partial charge in [0.05, 0.1) is 12.6 Å². The number of carbonyl (C=O) groups is 2. The summed E-state index contributed by atoms with van der Waals surface area (Å²) in [5.41, 5.74) is 0.801. The normalized spacial score (nSPS) is 11.4. The smallest absolute Gasteiger partial charge is 0.394 e. The van der Waals surface area contributed by atoms with Crippen LogP contribution in [-0.4, -0.2) is 27.6 Å². The van der Waals surface area contributed by atoms with Crippen LogP contribution in [0.1, 0.15) is 47.8 Å². The predicted octanol–water partition coefficient (Wildman–Crippen LogP) is 4.18. The molecule has 0 saturated heterocycles. The van der Waals surface area contributed by atoms with Gasteiger partial charge in [0.2, 0.25) is 5.95 Å². The van der Waals surface area contributed by atoms with E-state index in [9.17, 15) is 22.8 Å². The van der Waals surface area contributed by atoms with Crippen molar-refractivity contribution < 1.29 is 27.5 Å². The Morgan fingerprint density at radius 2 is 2.00 bits per heavy atom. The maximum absolute atomic E-state index is 12.5. The van der Waals surface area contributed by atoms with Gasteiger partial charge in [-0.3, -0.25) is 14.9 Å². The minimum atomic E-state index is -4.36. The molecule has 0 spiro atoms. The van der Waals surface area contributed by atoms with Gasteiger partial charge in [-0.25, -0.2) is 4.98 Å². The minimum absolute atomic E-state index is 0.0111. The van der Waals surface area contributed by atoms with Crippen molar-refractivity contribution in [2.75, 3.05) is 5.32 Å². The molecule has 9 heteroatoms. The summed E-state index contributed by atoms with van der Waals surface area (Å²) in [6.07, 6.45) is -2.49. The highest BCUT2D eigenvalue weighted by atomic mass is 19.4. The summed E-state index contributed by atoms with van der Waals surface area (Å²) in [6.45, 7) is 3.67. The fourth-order valence-electron chi connectivity index (χ4n) is 2.50. The molecule has 2 aromatic rings. The van der Waals surface area contributed by atoms with Gasteiger partial charge in [-0.1, -0.05) is 13.3 Å². The molecule has 0 fully saturated rings. The molecule has 0 aliphatic rings. The summed E-state index contributed by atoms with van der Waals surface area (Å²) in [5, 5.41) is 2.49. The van der Waals surface area contributed by atoms with Crippen LogP contribution in [-0.2, 0) is 18.3 Å². The number of unbranched alkanes of at least 4 members (excludes halogenated alkanes) is 1. The molecule has 1 N–H and O–H groups in total. The average Bonchev–Trinajstić information content (AvgIpc) is 2.93. The molecular formula is C19H22F3N3O3. The second kappa shape index (κ2) is 8.90. The van der Waals surface area contributed by atoms with E-state index < -0.39 is 18.5 Å². The topological polar surface area (TPSA) is 73.2 Å². The first kappa shape index (κ1) is 21.5. The summed E-state index contributed by atoms with van der Waals surface area (Å²) in [5.74, 6) is -0.495. The molecule has 1 amide bonds. The number of alkyl halides is 3. The average molecular weight is 397 g/mol. The predicted molar refractivity (Wildman–Crippen MR) is 97.3 cm³/mol. The molecule has 1 aromatic heterocycles. The number of hydrogen-bond acceptors (Lipinski definition) is 4. The zero-order valence-electron chi connectivity index (χ0n) is 15.9. The number of nitrogens with one attached hydrogen (secondary N) is 1. The van der Waals surface area contributed by atoms with Crippen LogP contribution in [0.15, 0.2) is 24.4 Å². The summed E-state index contributed by atoms with van der Waals surface area (Å²) < 4.78 is 44.1. The van der Waals surface area contributed by atoms with Crippen molar-refractivity contribution in [1.29, 1.82) is 0 Å². The van der Waals surface area contributed by atoms with Crippen molar-refractivity contribution in [3.8, 4) is 5.75 Å². The molecule has 0 atom stereocenters. The van der Waals surface area contributed by atoms with E-state index >= 15 is 0 Å². The van der Waals surface area contributed by atoms with Gasteiger partial charge in [-0.15, -0.1) is 0 Å². The molecule has 1 heterocycles. The molecule has 0 aliphatic heterocycles. The first-order valence-electron chi connectivity index (χ1n) is 8.80. The first-order valence-corrected chi connectivity index (χ1v) is 8.80. The zero-order valence-corrected chi connectivity index (χ0v) is 15.9. The van der Waals surface area contributed by atoms with Crippen molar-refractivity contribution in [1.82, 2.24) is 9.55 Å². The summed E-state index contributed by atoms with van der Waals surface area (Å²) >= 11 is 0. The van der Waals surface area contributed by atoms with E-state index in [-0.39, 0.29) is 23.2 Å². The van der Waals surface area contributed by atoms with Gasteiger partial charge in [0.25, 0.3) is 5.91 Å². The van der Waals surface area contributed by atoms with Crippen molar-refractivity contribution in [3.05, 3.63) is 41.2 Å². The minimum Gasteiger partial charge on any atom is -0.426 e. The number of aromatic nitrogens is 2. The maximum Gasteiger partial charge on any atom is 0.394 e. The lowest BCUT2D eigenvalue weighted by molar-refractivity contribution is -0.134. The van der Waals surface area contributed by atoms with Crippen LogP contribution in [0.4, 0.5) is 19.1 Å². The van der Waals surface area contributed by atoms with Crippen LogP contribution in [0.25, 0.3) is 0 Å². The second-order valence-corrected chi connectivity index (χ2v) is 6.44. The molecular weight excluding hydrogens is 375 g/mol. The number of rotatable bonds is 7. The zero-order chi connectivity index (χ0) is 20.9. The second-order valence-electron chi connectivity index (χ2n) is 6.44. The van der Waals surface area contributed by atoms with Crippen LogP contribution in [0, 0.1) is 6.92 Å². The van der Waals surface area contributed by atoms with Gasteiger partial charge >= 0.3 is 12.1 Å². The summed E-state index contributed by atoms with van der Waals surface area (Å²) in [4.78, 5) is 28.0. The van der Waals surface area contributed by atoms with Crippen molar-refractivity contribution in [2.24, 2.45) is 7.05 Å². The highest BCUT2D eigenvalue weighted by Gasteiger charge is 2.29. The van der Waals surface area contributed by atoms with Gasteiger partial charge in [0, 0.05) is 24.7 Å². The summed E-state index contributed by atoms with van der Waals surface area (Å²) in [6, 6.07) is 4.53. The lowest BCUT2D eigenvalue weighted by atomic mass is 10.1. The molecule has 2 rings (SSSR count). The van der Waals surface area contributed by atoms with Crippen LogP contribution in [0.5, 0.6) is 5.75 Å². The van der Waals surface area contributed by atoms with E-state index in [2.05, 4.69) is 10.3 Å². The Labute approximate surface area is 160 Å². The van der Waals surface area contributed by atoms with E-state index in [0.717, 1.165) is 19.0 Å². The number of nitrogens with zero attached hydrogens (tertiary/aromatic N) is 2. The number of hydrogen-bond donors (Lipinski definition) is 1. The van der Waals surface area contributed by atoms with Gasteiger partial charge in [-0.05, 0) is 37.1 Å². The van der Waals surface area contributed by atoms with E-state index in [4.69, 9.17) is 4.74 Å². The number of aryl methyl sites for hydroxylation is 1. The van der Waals surface area contributed by atoms with Crippen LogP contribution in [0.2, 0.25) is 0 Å². The van der Waals surface area contributed by atoms with Gasteiger partial charge in [0.15, 0.2) is 0 Å². The Bertz CT molecular complexity index is 860. The SMILES string of the molecule is CCCCC(=O)Oc1ccc(C(=O)Nc2ncc(CC(F)(F)F)n2C)cc1C. The van der Waals surface area contributed by atoms with Gasteiger partial charge < -0.3 is 9.30 Å². The van der Waals surface area contributed by atoms with Crippen LogP contribution >= 0.6 is 0 Å². The Hall–Kier alpha value is -2.84. The number of halogens is 3. The number of anilines is 1. The lowest BCUT2D eigenvalue weighted by Gasteiger charge is -2.11. The van der Waals surface area contributed by atoms with Crippen LogP contribution < -0.4 is 10.1 Å². The fourth-order valence-corrected chi connectivity index (χ4v) is 2.50. The molecule has 0 aliphatic carbocycles. The highest BCUT2D eigenvalue weighted by Crippen LogP contribution is 2.23. The van der Waals surface area contributed by atoms with E-state index in [1.165, 1.54) is 29.8 Å². The summed E-state index contributed by atoms with van der Waals surface area (Å²) in [7, 11) is 1.40. The largest absolute Gasteiger partial charge is 0.426 e. The molecule has 0 saturated carbocycles. The molecule has 6 nitrogen and oxygen atoms in total. The molecule has 152 valence electrons. The number of carbonyl (C=O) groups excluding carboxylic acids is 2. The lowest BCUT2D eigenvalue weighted by Crippen LogP contribution is -2.18. The fraction of sp³-hybridized carbons (Fsp3) is 0.421. The van der Waals surface area contributed by atoms with Crippen molar-refractivity contribution in [2.45, 2.75) is 45.7 Å². The first-order chi connectivity index (χ1) is 13.1. The number of imidazole rings is 1. The monoisotopic (exact) mass is 397 g/mol. The third-order valence-electron chi connectivity index (χ3n) is 4.09. The molecule has 1 aromatic carbocycles.